The highest BCUT2D eigenvalue weighted by molar-refractivity contribution is 14.1. The SMILES string of the molecule is O=Cc1ncc(O)c(I)c1OC(F)(F)F. The van der Waals surface area contributed by atoms with E-state index in [1.807, 2.05) is 0 Å². The number of alkyl halides is 3. The van der Waals surface area contributed by atoms with Gasteiger partial charge in [0.2, 0.25) is 0 Å². The maximum Gasteiger partial charge on any atom is 0.573 e. The second-order valence-corrected chi connectivity index (χ2v) is 3.42. The van der Waals surface area contributed by atoms with Crippen molar-refractivity contribution in [1.29, 1.82) is 0 Å². The molecule has 0 saturated heterocycles. The monoisotopic (exact) mass is 333 g/mol. The van der Waals surface area contributed by atoms with Gasteiger partial charge in [-0.05, 0) is 22.6 Å². The Bertz CT molecular complexity index is 394. The zero-order chi connectivity index (χ0) is 11.6. The molecule has 0 aliphatic heterocycles. The highest BCUT2D eigenvalue weighted by atomic mass is 127. The first-order valence-electron chi connectivity index (χ1n) is 3.43. The Hall–Kier alpha value is -1.06. The topological polar surface area (TPSA) is 59.4 Å². The minimum Gasteiger partial charge on any atom is -0.505 e. The third kappa shape index (κ3) is 2.94. The fourth-order valence-electron chi connectivity index (χ4n) is 0.772. The second kappa shape index (κ2) is 4.21. The fourth-order valence-corrected chi connectivity index (χ4v) is 1.30. The molecule has 4 nitrogen and oxygen atoms in total. The van der Waals surface area contributed by atoms with E-state index < -0.39 is 23.6 Å². The number of nitrogens with zero attached hydrogens (tertiary/aromatic N) is 1. The number of aldehydes is 1. The number of hydrogen-bond acceptors (Lipinski definition) is 4. The third-order valence-electron chi connectivity index (χ3n) is 1.31. The molecule has 8 heteroatoms. The van der Waals surface area contributed by atoms with E-state index in [0.717, 1.165) is 6.20 Å². The molecule has 15 heavy (non-hydrogen) atoms. The lowest BCUT2D eigenvalue weighted by Gasteiger charge is -2.12. The zero-order valence-electron chi connectivity index (χ0n) is 6.88. The molecule has 0 radical (unpaired) electrons. The summed E-state index contributed by atoms with van der Waals surface area (Å²) in [4.78, 5) is 13.7. The van der Waals surface area contributed by atoms with Gasteiger partial charge in [-0.1, -0.05) is 0 Å². The van der Waals surface area contributed by atoms with Gasteiger partial charge in [-0.3, -0.25) is 4.79 Å². The zero-order valence-corrected chi connectivity index (χ0v) is 9.03. The predicted octanol–water partition coefficient (Wildman–Crippen LogP) is 2.10. The lowest BCUT2D eigenvalue weighted by Crippen LogP contribution is -2.19. The van der Waals surface area contributed by atoms with Gasteiger partial charge in [-0.2, -0.15) is 0 Å². The van der Waals surface area contributed by atoms with E-state index in [1.165, 1.54) is 22.6 Å². The van der Waals surface area contributed by atoms with Crippen LogP contribution < -0.4 is 4.74 Å². The van der Waals surface area contributed by atoms with Crippen LogP contribution in [0, 0.1) is 3.57 Å². The van der Waals surface area contributed by atoms with Crippen LogP contribution in [0.25, 0.3) is 0 Å². The molecule has 0 aromatic carbocycles. The Morgan fingerprint density at radius 3 is 2.60 bits per heavy atom. The molecule has 0 aliphatic rings. The maximum atomic E-state index is 11.9. The molecule has 0 bridgehead atoms. The minimum absolute atomic E-state index is 0.114. The van der Waals surface area contributed by atoms with Crippen molar-refractivity contribution in [3.05, 3.63) is 15.5 Å². The summed E-state index contributed by atoms with van der Waals surface area (Å²) in [6, 6.07) is 0. The molecule has 1 aromatic rings. The number of aromatic hydroxyl groups is 1. The van der Waals surface area contributed by atoms with Crippen molar-refractivity contribution in [3.8, 4) is 11.5 Å². The molecule has 82 valence electrons. The number of hydrogen-bond donors (Lipinski definition) is 1. The van der Waals surface area contributed by atoms with Crippen LogP contribution in [0.2, 0.25) is 0 Å². The van der Waals surface area contributed by atoms with E-state index >= 15 is 0 Å². The standard InChI is InChI=1S/C7H3F3INO3/c8-7(9,10)15-6-3(2-13)12-1-4(14)5(6)11/h1-2,14H. The first-order valence-corrected chi connectivity index (χ1v) is 4.51. The molecule has 0 spiro atoms. The third-order valence-corrected chi connectivity index (χ3v) is 2.35. The van der Waals surface area contributed by atoms with Crippen LogP contribution in [0.1, 0.15) is 10.5 Å². The van der Waals surface area contributed by atoms with E-state index in [-0.39, 0.29) is 9.86 Å². The van der Waals surface area contributed by atoms with Crippen molar-refractivity contribution >= 4 is 28.9 Å². The van der Waals surface area contributed by atoms with Gasteiger partial charge in [-0.25, -0.2) is 4.98 Å². The molecule has 0 amide bonds. The molecular formula is C7H3F3INO3. The minimum atomic E-state index is -4.94. The van der Waals surface area contributed by atoms with Gasteiger partial charge >= 0.3 is 6.36 Å². The molecule has 0 unspecified atom stereocenters. The van der Waals surface area contributed by atoms with Crippen LogP contribution in [0.3, 0.4) is 0 Å². The summed E-state index contributed by atoms with van der Waals surface area (Å²) < 4.78 is 39.1. The van der Waals surface area contributed by atoms with Crippen LogP contribution in [0.4, 0.5) is 13.2 Å². The number of carbonyl (C=O) groups is 1. The van der Waals surface area contributed by atoms with E-state index in [4.69, 9.17) is 5.11 Å². The lowest BCUT2D eigenvalue weighted by molar-refractivity contribution is -0.275. The van der Waals surface area contributed by atoms with Crippen molar-refractivity contribution < 1.29 is 27.8 Å². The van der Waals surface area contributed by atoms with E-state index in [2.05, 4.69) is 9.72 Å². The summed E-state index contributed by atoms with van der Waals surface area (Å²) in [5.41, 5.74) is -0.519. The smallest absolute Gasteiger partial charge is 0.505 e. The number of ether oxygens (including phenoxy) is 1. The van der Waals surface area contributed by atoms with Gasteiger partial charge in [0.05, 0.1) is 6.20 Å². The first kappa shape index (κ1) is 12.0. The predicted molar refractivity (Wildman–Crippen MR) is 50.7 cm³/mol. The fraction of sp³-hybridized carbons (Fsp3) is 0.143. The van der Waals surface area contributed by atoms with Gasteiger partial charge in [0, 0.05) is 0 Å². The van der Waals surface area contributed by atoms with Crippen molar-refractivity contribution in [2.45, 2.75) is 6.36 Å². The molecule has 0 fully saturated rings. The first-order chi connectivity index (χ1) is 6.85. The van der Waals surface area contributed by atoms with Gasteiger partial charge in [-0.15, -0.1) is 13.2 Å². The normalized spacial score (nSPS) is 11.2. The number of rotatable bonds is 2. The van der Waals surface area contributed by atoms with Crippen LogP contribution in [-0.2, 0) is 0 Å². The number of halogens is 4. The van der Waals surface area contributed by atoms with Gasteiger partial charge in [0.15, 0.2) is 17.8 Å². The highest BCUT2D eigenvalue weighted by Gasteiger charge is 2.34. The molecule has 1 N–H and O–H groups in total. The molecule has 1 aromatic heterocycles. The number of pyridine rings is 1. The van der Waals surface area contributed by atoms with Gasteiger partial charge in [0.1, 0.15) is 9.26 Å². The van der Waals surface area contributed by atoms with Gasteiger partial charge in [0.25, 0.3) is 0 Å². The second-order valence-electron chi connectivity index (χ2n) is 2.34. The maximum absolute atomic E-state index is 11.9. The molecule has 0 atom stereocenters. The summed E-state index contributed by atoms with van der Waals surface area (Å²) in [7, 11) is 0. The molecular weight excluding hydrogens is 330 g/mol. The highest BCUT2D eigenvalue weighted by Crippen LogP contribution is 2.34. The van der Waals surface area contributed by atoms with Crippen LogP contribution in [0.5, 0.6) is 11.5 Å². The van der Waals surface area contributed by atoms with Crippen molar-refractivity contribution in [2.75, 3.05) is 0 Å². The largest absolute Gasteiger partial charge is 0.573 e. The molecule has 1 rings (SSSR count). The summed E-state index contributed by atoms with van der Waals surface area (Å²) in [5.74, 6) is -1.28. The number of carbonyl (C=O) groups excluding carboxylic acids is 1. The Morgan fingerprint density at radius 1 is 1.53 bits per heavy atom. The molecule has 0 saturated carbocycles. The van der Waals surface area contributed by atoms with E-state index in [0.29, 0.717) is 0 Å². The van der Waals surface area contributed by atoms with Crippen LogP contribution in [-0.4, -0.2) is 22.7 Å². The van der Waals surface area contributed by atoms with Crippen molar-refractivity contribution in [2.24, 2.45) is 0 Å². The Kier molecular flexibility index (Phi) is 3.37. The molecule has 0 aliphatic carbocycles. The summed E-state index contributed by atoms with van der Waals surface area (Å²) >= 11 is 1.42. The lowest BCUT2D eigenvalue weighted by atomic mass is 10.3. The average molecular weight is 333 g/mol. The Balaban J connectivity index is 3.24. The Labute approximate surface area is 95.2 Å². The summed E-state index contributed by atoms with van der Waals surface area (Å²) in [5, 5.41) is 9.08. The number of aromatic nitrogens is 1. The van der Waals surface area contributed by atoms with Crippen LogP contribution >= 0.6 is 22.6 Å². The van der Waals surface area contributed by atoms with Gasteiger partial charge < -0.3 is 9.84 Å². The average Bonchev–Trinajstić information content (AvgIpc) is 2.11. The molecule has 1 heterocycles. The van der Waals surface area contributed by atoms with E-state index in [1.54, 1.807) is 0 Å². The summed E-state index contributed by atoms with van der Waals surface area (Å²) in [6.45, 7) is 0. The Morgan fingerprint density at radius 2 is 2.13 bits per heavy atom. The quantitative estimate of drug-likeness (QED) is 0.665. The summed E-state index contributed by atoms with van der Waals surface area (Å²) in [6.07, 6.45) is -3.95. The van der Waals surface area contributed by atoms with Crippen molar-refractivity contribution in [3.63, 3.8) is 0 Å². The van der Waals surface area contributed by atoms with Crippen molar-refractivity contribution in [1.82, 2.24) is 4.98 Å². The van der Waals surface area contributed by atoms with E-state index in [9.17, 15) is 18.0 Å². The van der Waals surface area contributed by atoms with Crippen LogP contribution in [0.15, 0.2) is 6.20 Å².